The van der Waals surface area contributed by atoms with Crippen LogP contribution in [-0.2, 0) is 19.6 Å². The Morgan fingerprint density at radius 3 is 2.30 bits per heavy atom. The van der Waals surface area contributed by atoms with Crippen LogP contribution in [0.2, 0.25) is 10.0 Å². The van der Waals surface area contributed by atoms with Crippen molar-refractivity contribution in [2.75, 3.05) is 13.7 Å². The molecule has 0 bridgehead atoms. The number of aryl methyl sites for hydroxylation is 1. The van der Waals surface area contributed by atoms with Crippen molar-refractivity contribution in [3.05, 3.63) is 93.0 Å². The second-order valence-electron chi connectivity index (χ2n) is 6.92. The molecule has 0 aliphatic heterocycles. The Labute approximate surface area is 194 Å². The molecular weight excluding hydrogens is 441 g/mol. The second kappa shape index (κ2) is 12.1. The average molecular weight is 467 g/mol. The van der Waals surface area contributed by atoms with E-state index in [-0.39, 0.29) is 12.4 Å². The molecule has 3 rings (SSSR count). The highest BCUT2D eigenvalue weighted by molar-refractivity contribution is 6.35. The average Bonchev–Trinajstić information content (AvgIpc) is 2.72. The standard InChI is InChI=1S/C24H25Cl2NO2.ClH/c1-17-3-5-18(6-4-17)16-29-23-10-7-19(13-24(23)28-2)15-27-12-11-20-8-9-21(25)14-22(20)26;/h3-10,13-14,27H,11-12,15-16H2,1-2H3;1H. The SMILES string of the molecule is COc1cc(CNCCc2ccc(Cl)cc2Cl)ccc1OCc1ccc(C)cc1.Cl. The van der Waals surface area contributed by atoms with Gasteiger partial charge in [-0.25, -0.2) is 0 Å². The maximum atomic E-state index is 6.22. The largest absolute Gasteiger partial charge is 0.493 e. The smallest absolute Gasteiger partial charge is 0.161 e. The van der Waals surface area contributed by atoms with Gasteiger partial charge in [-0.3, -0.25) is 0 Å². The molecule has 0 saturated carbocycles. The molecule has 0 saturated heterocycles. The Bertz CT molecular complexity index is 946. The van der Waals surface area contributed by atoms with E-state index in [1.807, 2.05) is 24.3 Å². The highest BCUT2D eigenvalue weighted by Gasteiger charge is 2.07. The first-order chi connectivity index (χ1) is 14.0. The van der Waals surface area contributed by atoms with E-state index >= 15 is 0 Å². The molecule has 6 heteroatoms. The van der Waals surface area contributed by atoms with Gasteiger partial charge in [0.05, 0.1) is 7.11 Å². The van der Waals surface area contributed by atoms with Gasteiger partial charge in [0.15, 0.2) is 11.5 Å². The molecule has 0 fully saturated rings. The van der Waals surface area contributed by atoms with Crippen molar-refractivity contribution in [3.8, 4) is 11.5 Å². The fourth-order valence-electron chi connectivity index (χ4n) is 2.97. The van der Waals surface area contributed by atoms with Crippen molar-refractivity contribution in [1.82, 2.24) is 5.32 Å². The minimum Gasteiger partial charge on any atom is -0.493 e. The molecule has 0 amide bonds. The van der Waals surface area contributed by atoms with Crippen LogP contribution in [0.25, 0.3) is 0 Å². The zero-order valence-corrected chi connectivity index (χ0v) is 19.4. The molecule has 0 aliphatic rings. The van der Waals surface area contributed by atoms with E-state index in [1.54, 1.807) is 13.2 Å². The number of rotatable bonds is 9. The topological polar surface area (TPSA) is 30.5 Å². The van der Waals surface area contributed by atoms with Gasteiger partial charge in [-0.2, -0.15) is 0 Å². The maximum Gasteiger partial charge on any atom is 0.161 e. The molecule has 0 heterocycles. The maximum absolute atomic E-state index is 6.22. The summed E-state index contributed by atoms with van der Waals surface area (Å²) in [6.45, 7) is 4.13. The summed E-state index contributed by atoms with van der Waals surface area (Å²) in [5.41, 5.74) is 4.58. The van der Waals surface area contributed by atoms with Gasteiger partial charge < -0.3 is 14.8 Å². The molecule has 3 nitrogen and oxygen atoms in total. The van der Waals surface area contributed by atoms with E-state index < -0.39 is 0 Å². The predicted octanol–water partition coefficient (Wildman–Crippen LogP) is 6.64. The van der Waals surface area contributed by atoms with Crippen LogP contribution in [0.15, 0.2) is 60.7 Å². The number of benzene rings is 3. The van der Waals surface area contributed by atoms with Crippen LogP contribution in [0.4, 0.5) is 0 Å². The van der Waals surface area contributed by atoms with E-state index in [2.05, 4.69) is 42.6 Å². The molecule has 0 unspecified atom stereocenters. The number of hydrogen-bond acceptors (Lipinski definition) is 3. The fraction of sp³-hybridized carbons (Fsp3) is 0.250. The first kappa shape index (κ1) is 24.4. The Hall–Kier alpha value is -1.91. The van der Waals surface area contributed by atoms with Crippen LogP contribution >= 0.6 is 35.6 Å². The van der Waals surface area contributed by atoms with Crippen molar-refractivity contribution < 1.29 is 9.47 Å². The molecule has 1 N–H and O–H groups in total. The third-order valence-corrected chi connectivity index (χ3v) is 5.25. The molecule has 160 valence electrons. The fourth-order valence-corrected chi connectivity index (χ4v) is 3.47. The Balaban J connectivity index is 0.00000320. The number of methoxy groups -OCH3 is 1. The second-order valence-corrected chi connectivity index (χ2v) is 7.77. The van der Waals surface area contributed by atoms with Crippen molar-refractivity contribution in [2.24, 2.45) is 0 Å². The van der Waals surface area contributed by atoms with Gasteiger partial charge in [-0.1, -0.05) is 65.2 Å². The lowest BCUT2D eigenvalue weighted by Crippen LogP contribution is -2.16. The minimum atomic E-state index is 0. The van der Waals surface area contributed by atoms with Gasteiger partial charge in [0.1, 0.15) is 6.61 Å². The summed E-state index contributed by atoms with van der Waals surface area (Å²) in [5.74, 6) is 1.47. The monoisotopic (exact) mass is 465 g/mol. The summed E-state index contributed by atoms with van der Waals surface area (Å²) in [6.07, 6.45) is 0.838. The Morgan fingerprint density at radius 1 is 0.867 bits per heavy atom. The Kier molecular flexibility index (Phi) is 9.80. The molecule has 0 aliphatic carbocycles. The van der Waals surface area contributed by atoms with Crippen LogP contribution in [0.1, 0.15) is 22.3 Å². The molecule has 3 aromatic carbocycles. The summed E-state index contributed by atoms with van der Waals surface area (Å²) in [6, 6.07) is 19.9. The molecular formula is C24H26Cl3NO2. The highest BCUT2D eigenvalue weighted by Crippen LogP contribution is 2.29. The van der Waals surface area contributed by atoms with Crippen LogP contribution in [-0.4, -0.2) is 13.7 Å². The third kappa shape index (κ3) is 7.10. The van der Waals surface area contributed by atoms with Crippen LogP contribution in [0.5, 0.6) is 11.5 Å². The summed E-state index contributed by atoms with van der Waals surface area (Å²) >= 11 is 12.2. The molecule has 0 aromatic heterocycles. The lowest BCUT2D eigenvalue weighted by atomic mass is 10.1. The summed E-state index contributed by atoms with van der Waals surface area (Å²) in [4.78, 5) is 0. The van der Waals surface area contributed by atoms with E-state index in [0.717, 1.165) is 47.7 Å². The summed E-state index contributed by atoms with van der Waals surface area (Å²) < 4.78 is 11.5. The minimum absolute atomic E-state index is 0. The number of halogens is 3. The lowest BCUT2D eigenvalue weighted by molar-refractivity contribution is 0.284. The number of hydrogen-bond donors (Lipinski definition) is 1. The van der Waals surface area contributed by atoms with Gasteiger partial charge in [0, 0.05) is 16.6 Å². The van der Waals surface area contributed by atoms with Crippen LogP contribution in [0, 0.1) is 6.92 Å². The van der Waals surface area contributed by atoms with Gasteiger partial charge >= 0.3 is 0 Å². The highest BCUT2D eigenvalue weighted by atomic mass is 35.5. The van der Waals surface area contributed by atoms with E-state index in [4.69, 9.17) is 32.7 Å². The van der Waals surface area contributed by atoms with Crippen molar-refractivity contribution in [1.29, 1.82) is 0 Å². The molecule has 3 aromatic rings. The molecule has 0 atom stereocenters. The first-order valence-corrected chi connectivity index (χ1v) is 10.3. The lowest BCUT2D eigenvalue weighted by Gasteiger charge is -2.13. The third-order valence-electron chi connectivity index (χ3n) is 4.66. The van der Waals surface area contributed by atoms with Gasteiger partial charge in [-0.05, 0) is 60.8 Å². The molecule has 0 spiro atoms. The number of nitrogens with one attached hydrogen (secondary N) is 1. The van der Waals surface area contributed by atoms with E-state index in [9.17, 15) is 0 Å². The van der Waals surface area contributed by atoms with Crippen LogP contribution in [0.3, 0.4) is 0 Å². The Morgan fingerprint density at radius 2 is 1.60 bits per heavy atom. The van der Waals surface area contributed by atoms with Crippen molar-refractivity contribution in [3.63, 3.8) is 0 Å². The van der Waals surface area contributed by atoms with Gasteiger partial charge in [0.25, 0.3) is 0 Å². The van der Waals surface area contributed by atoms with Gasteiger partial charge in [-0.15, -0.1) is 12.4 Å². The first-order valence-electron chi connectivity index (χ1n) is 9.55. The van der Waals surface area contributed by atoms with Crippen LogP contribution < -0.4 is 14.8 Å². The van der Waals surface area contributed by atoms with E-state index in [0.29, 0.717) is 16.7 Å². The molecule has 0 radical (unpaired) electrons. The summed E-state index contributed by atoms with van der Waals surface area (Å²) in [7, 11) is 1.66. The van der Waals surface area contributed by atoms with Gasteiger partial charge in [0.2, 0.25) is 0 Å². The zero-order valence-electron chi connectivity index (χ0n) is 17.1. The van der Waals surface area contributed by atoms with Crippen molar-refractivity contribution in [2.45, 2.75) is 26.5 Å². The van der Waals surface area contributed by atoms with Crippen molar-refractivity contribution >= 4 is 35.6 Å². The quantitative estimate of drug-likeness (QED) is 0.358. The molecule has 30 heavy (non-hydrogen) atoms. The predicted molar refractivity (Wildman–Crippen MR) is 128 cm³/mol. The van der Waals surface area contributed by atoms with E-state index in [1.165, 1.54) is 5.56 Å². The number of ether oxygens (including phenoxy) is 2. The normalized spacial score (nSPS) is 10.4. The summed E-state index contributed by atoms with van der Waals surface area (Å²) in [5, 5.41) is 4.80. The zero-order chi connectivity index (χ0) is 20.6.